The molecule has 1 aliphatic heterocycles. The first-order chi connectivity index (χ1) is 7.26. The average molecular weight is 212 g/mol. The summed E-state index contributed by atoms with van der Waals surface area (Å²) >= 11 is 0. The van der Waals surface area contributed by atoms with Crippen molar-refractivity contribution >= 4 is 0 Å². The molecule has 2 unspecified atom stereocenters. The Morgan fingerprint density at radius 2 is 2.20 bits per heavy atom. The third kappa shape index (κ3) is 4.98. The van der Waals surface area contributed by atoms with Crippen molar-refractivity contribution in [1.82, 2.24) is 10.2 Å². The highest BCUT2D eigenvalue weighted by atomic mass is 15.2. The number of hydrogen-bond donors (Lipinski definition) is 1. The van der Waals surface area contributed by atoms with Crippen LogP contribution in [-0.4, -0.2) is 37.1 Å². The molecule has 1 aliphatic rings. The Morgan fingerprint density at radius 1 is 1.40 bits per heavy atom. The molecule has 0 saturated carbocycles. The van der Waals surface area contributed by atoms with Gasteiger partial charge in [0.2, 0.25) is 0 Å². The van der Waals surface area contributed by atoms with Crippen LogP contribution >= 0.6 is 0 Å². The van der Waals surface area contributed by atoms with Crippen LogP contribution in [0.4, 0.5) is 0 Å². The molecule has 2 heteroatoms. The lowest BCUT2D eigenvalue weighted by Crippen LogP contribution is -2.39. The second-order valence-electron chi connectivity index (χ2n) is 5.07. The Labute approximate surface area is 95.4 Å². The maximum absolute atomic E-state index is 3.66. The van der Waals surface area contributed by atoms with Crippen LogP contribution in [0.3, 0.4) is 0 Å². The third-order valence-corrected chi connectivity index (χ3v) is 3.47. The molecular weight excluding hydrogens is 184 g/mol. The Morgan fingerprint density at radius 3 is 2.87 bits per heavy atom. The Kier molecular flexibility index (Phi) is 6.26. The zero-order valence-electron chi connectivity index (χ0n) is 10.8. The van der Waals surface area contributed by atoms with E-state index in [9.17, 15) is 0 Å². The SMILES string of the molecule is CCCC1CN(CC(C)CC)CCCN1. The molecule has 0 aromatic rings. The summed E-state index contributed by atoms with van der Waals surface area (Å²) in [5.74, 6) is 0.852. The van der Waals surface area contributed by atoms with Gasteiger partial charge in [-0.15, -0.1) is 0 Å². The minimum Gasteiger partial charge on any atom is -0.313 e. The van der Waals surface area contributed by atoms with Gasteiger partial charge in [0.1, 0.15) is 0 Å². The molecule has 0 radical (unpaired) electrons. The van der Waals surface area contributed by atoms with E-state index in [2.05, 4.69) is 31.0 Å². The Bertz CT molecular complexity index is 159. The molecule has 15 heavy (non-hydrogen) atoms. The fourth-order valence-corrected chi connectivity index (χ4v) is 2.35. The first kappa shape index (κ1) is 13.0. The fraction of sp³-hybridized carbons (Fsp3) is 1.00. The molecule has 0 spiro atoms. The van der Waals surface area contributed by atoms with Crippen LogP contribution < -0.4 is 5.32 Å². The maximum atomic E-state index is 3.66. The lowest BCUT2D eigenvalue weighted by atomic mass is 10.1. The lowest BCUT2D eigenvalue weighted by Gasteiger charge is -2.26. The van der Waals surface area contributed by atoms with E-state index < -0.39 is 0 Å². The summed E-state index contributed by atoms with van der Waals surface area (Å²) in [6.07, 6.45) is 5.25. The van der Waals surface area contributed by atoms with Gasteiger partial charge in [0.15, 0.2) is 0 Å². The lowest BCUT2D eigenvalue weighted by molar-refractivity contribution is 0.227. The molecule has 0 aromatic carbocycles. The van der Waals surface area contributed by atoms with Crippen molar-refractivity contribution in [1.29, 1.82) is 0 Å². The smallest absolute Gasteiger partial charge is 0.0194 e. The zero-order chi connectivity index (χ0) is 11.1. The molecule has 2 nitrogen and oxygen atoms in total. The van der Waals surface area contributed by atoms with E-state index in [1.54, 1.807) is 0 Å². The molecule has 0 aromatic heterocycles. The predicted octanol–water partition coefficient (Wildman–Crippen LogP) is 2.50. The summed E-state index contributed by atoms with van der Waals surface area (Å²) < 4.78 is 0. The molecular formula is C13H28N2. The molecule has 1 N–H and O–H groups in total. The van der Waals surface area contributed by atoms with Crippen LogP contribution in [0.15, 0.2) is 0 Å². The largest absolute Gasteiger partial charge is 0.313 e. The minimum absolute atomic E-state index is 0.738. The van der Waals surface area contributed by atoms with E-state index in [0.29, 0.717) is 0 Å². The van der Waals surface area contributed by atoms with E-state index in [1.807, 2.05) is 0 Å². The van der Waals surface area contributed by atoms with E-state index in [-0.39, 0.29) is 0 Å². The van der Waals surface area contributed by atoms with Gasteiger partial charge in [0.05, 0.1) is 0 Å². The van der Waals surface area contributed by atoms with E-state index >= 15 is 0 Å². The molecule has 90 valence electrons. The van der Waals surface area contributed by atoms with Gasteiger partial charge < -0.3 is 10.2 Å². The van der Waals surface area contributed by atoms with Crippen molar-refractivity contribution in [2.75, 3.05) is 26.2 Å². The monoisotopic (exact) mass is 212 g/mol. The quantitative estimate of drug-likeness (QED) is 0.753. The highest BCUT2D eigenvalue weighted by Crippen LogP contribution is 2.10. The van der Waals surface area contributed by atoms with Gasteiger partial charge in [-0.05, 0) is 31.8 Å². The van der Waals surface area contributed by atoms with Crippen LogP contribution in [0.25, 0.3) is 0 Å². The number of nitrogens with zero attached hydrogens (tertiary/aromatic N) is 1. The molecule has 0 aliphatic carbocycles. The van der Waals surface area contributed by atoms with Gasteiger partial charge in [0, 0.05) is 19.1 Å². The number of hydrogen-bond acceptors (Lipinski definition) is 2. The molecule has 2 atom stereocenters. The van der Waals surface area contributed by atoms with Gasteiger partial charge in [0.25, 0.3) is 0 Å². The summed E-state index contributed by atoms with van der Waals surface area (Å²) in [6.45, 7) is 12.0. The summed E-state index contributed by atoms with van der Waals surface area (Å²) in [5.41, 5.74) is 0. The zero-order valence-corrected chi connectivity index (χ0v) is 10.8. The van der Waals surface area contributed by atoms with E-state index in [0.717, 1.165) is 12.0 Å². The highest BCUT2D eigenvalue weighted by molar-refractivity contribution is 4.76. The van der Waals surface area contributed by atoms with Crippen molar-refractivity contribution in [2.24, 2.45) is 5.92 Å². The first-order valence-corrected chi connectivity index (χ1v) is 6.72. The summed E-state index contributed by atoms with van der Waals surface area (Å²) in [5, 5.41) is 3.66. The number of nitrogens with one attached hydrogen (secondary N) is 1. The summed E-state index contributed by atoms with van der Waals surface area (Å²) in [4.78, 5) is 2.66. The maximum Gasteiger partial charge on any atom is 0.0194 e. The van der Waals surface area contributed by atoms with Crippen molar-refractivity contribution in [3.63, 3.8) is 0 Å². The molecule has 0 bridgehead atoms. The van der Waals surface area contributed by atoms with Gasteiger partial charge in [-0.25, -0.2) is 0 Å². The molecule has 1 saturated heterocycles. The molecule has 1 heterocycles. The van der Waals surface area contributed by atoms with Gasteiger partial charge in [-0.3, -0.25) is 0 Å². The second kappa shape index (κ2) is 7.24. The Balaban J connectivity index is 2.35. The topological polar surface area (TPSA) is 15.3 Å². The van der Waals surface area contributed by atoms with E-state index in [4.69, 9.17) is 0 Å². The highest BCUT2D eigenvalue weighted by Gasteiger charge is 2.17. The van der Waals surface area contributed by atoms with Crippen LogP contribution in [0.5, 0.6) is 0 Å². The van der Waals surface area contributed by atoms with Crippen LogP contribution in [0.2, 0.25) is 0 Å². The average Bonchev–Trinajstić information content (AvgIpc) is 2.44. The van der Waals surface area contributed by atoms with Crippen LogP contribution in [0, 0.1) is 5.92 Å². The second-order valence-corrected chi connectivity index (χ2v) is 5.07. The van der Waals surface area contributed by atoms with Crippen molar-refractivity contribution in [3.05, 3.63) is 0 Å². The van der Waals surface area contributed by atoms with Gasteiger partial charge >= 0.3 is 0 Å². The van der Waals surface area contributed by atoms with Crippen LogP contribution in [0.1, 0.15) is 46.5 Å². The third-order valence-electron chi connectivity index (χ3n) is 3.47. The molecule has 0 amide bonds. The van der Waals surface area contributed by atoms with Crippen molar-refractivity contribution in [2.45, 2.75) is 52.5 Å². The predicted molar refractivity (Wildman–Crippen MR) is 67.2 cm³/mol. The van der Waals surface area contributed by atoms with E-state index in [1.165, 1.54) is 51.9 Å². The van der Waals surface area contributed by atoms with Crippen molar-refractivity contribution in [3.8, 4) is 0 Å². The van der Waals surface area contributed by atoms with Crippen molar-refractivity contribution < 1.29 is 0 Å². The Hall–Kier alpha value is -0.0800. The van der Waals surface area contributed by atoms with Gasteiger partial charge in [-0.2, -0.15) is 0 Å². The fourth-order valence-electron chi connectivity index (χ4n) is 2.35. The minimum atomic E-state index is 0.738. The standard InChI is InChI=1S/C13H28N2/c1-4-7-13-11-15(9-6-8-14-13)10-12(3)5-2/h12-14H,4-11H2,1-3H3. The molecule has 1 fully saturated rings. The number of rotatable bonds is 5. The van der Waals surface area contributed by atoms with Crippen LogP contribution in [-0.2, 0) is 0 Å². The first-order valence-electron chi connectivity index (χ1n) is 6.72. The summed E-state index contributed by atoms with van der Waals surface area (Å²) in [6, 6.07) is 0.738. The summed E-state index contributed by atoms with van der Waals surface area (Å²) in [7, 11) is 0. The molecule has 1 rings (SSSR count). The normalized spacial score (nSPS) is 26.2. The van der Waals surface area contributed by atoms with Gasteiger partial charge in [-0.1, -0.05) is 33.6 Å².